The molecule has 0 fully saturated rings. The van der Waals surface area contributed by atoms with Gasteiger partial charge >= 0.3 is 0 Å². The number of amides is 2. The van der Waals surface area contributed by atoms with Crippen LogP contribution < -0.4 is 10.0 Å². The van der Waals surface area contributed by atoms with Crippen LogP contribution in [0.5, 0.6) is 0 Å². The molecule has 0 aliphatic heterocycles. The lowest BCUT2D eigenvalue weighted by atomic mass is 10.1. The van der Waals surface area contributed by atoms with E-state index in [-0.39, 0.29) is 17.2 Å². The third-order valence-electron chi connectivity index (χ3n) is 4.80. The zero-order valence-corrected chi connectivity index (χ0v) is 19.0. The van der Waals surface area contributed by atoms with Gasteiger partial charge in [0.2, 0.25) is 11.8 Å². The van der Waals surface area contributed by atoms with Gasteiger partial charge in [0.05, 0.1) is 22.7 Å². The summed E-state index contributed by atoms with van der Waals surface area (Å²) in [6.07, 6.45) is 1.88. The van der Waals surface area contributed by atoms with Gasteiger partial charge in [0.25, 0.3) is 10.0 Å². The number of pyridine rings is 1. The Kier molecular flexibility index (Phi) is 6.17. The zero-order chi connectivity index (χ0) is 23.6. The monoisotopic (exact) mass is 482 g/mol. The van der Waals surface area contributed by atoms with Crippen LogP contribution >= 0.6 is 11.6 Å². The van der Waals surface area contributed by atoms with Gasteiger partial charge in [-0.05, 0) is 48.5 Å². The van der Waals surface area contributed by atoms with Gasteiger partial charge in [-0.1, -0.05) is 29.8 Å². The summed E-state index contributed by atoms with van der Waals surface area (Å²) in [5.74, 6) is -0.981. The van der Waals surface area contributed by atoms with Crippen molar-refractivity contribution in [2.75, 3.05) is 5.32 Å². The maximum absolute atomic E-state index is 12.8. The molecule has 0 atom stereocenters. The molecule has 10 heteroatoms. The topological polar surface area (TPSA) is 110 Å². The lowest BCUT2D eigenvalue weighted by Crippen LogP contribution is -2.28. The van der Waals surface area contributed by atoms with Gasteiger partial charge in [-0.15, -0.1) is 0 Å². The summed E-state index contributed by atoms with van der Waals surface area (Å²) in [6.45, 7) is 1.12. The molecule has 2 heterocycles. The zero-order valence-electron chi connectivity index (χ0n) is 17.4. The van der Waals surface area contributed by atoms with Gasteiger partial charge in [0.1, 0.15) is 5.65 Å². The van der Waals surface area contributed by atoms with Gasteiger partial charge in [0, 0.05) is 29.4 Å². The Morgan fingerprint density at radius 1 is 1.00 bits per heavy atom. The number of hydrogen-bond acceptors (Lipinski definition) is 5. The molecule has 0 radical (unpaired) electrons. The molecule has 0 saturated carbocycles. The minimum absolute atomic E-state index is 0.0368. The molecule has 4 rings (SSSR count). The van der Waals surface area contributed by atoms with Gasteiger partial charge in [-0.2, -0.15) is 0 Å². The van der Waals surface area contributed by atoms with E-state index in [1.807, 2.05) is 45.7 Å². The molecule has 4 aromatic rings. The Morgan fingerprint density at radius 2 is 1.70 bits per heavy atom. The highest BCUT2D eigenvalue weighted by atomic mass is 35.5. The van der Waals surface area contributed by atoms with Crippen molar-refractivity contribution in [3.05, 3.63) is 83.6 Å². The summed E-state index contributed by atoms with van der Waals surface area (Å²) in [5.41, 5.74) is 3.33. The van der Waals surface area contributed by atoms with Gasteiger partial charge in [0.15, 0.2) is 0 Å². The number of rotatable bonds is 6. The first-order chi connectivity index (χ1) is 15.7. The molecular weight excluding hydrogens is 464 g/mol. The first-order valence-corrected chi connectivity index (χ1v) is 11.7. The summed E-state index contributed by atoms with van der Waals surface area (Å²) in [5, 5.41) is 3.37. The van der Waals surface area contributed by atoms with Crippen molar-refractivity contribution >= 4 is 44.8 Å². The second-order valence-electron chi connectivity index (χ2n) is 7.25. The minimum Gasteiger partial charge on any atom is -0.326 e. The van der Waals surface area contributed by atoms with E-state index < -0.39 is 15.9 Å². The van der Waals surface area contributed by atoms with Crippen molar-refractivity contribution in [3.63, 3.8) is 0 Å². The quantitative estimate of drug-likeness (QED) is 0.436. The van der Waals surface area contributed by atoms with E-state index in [4.69, 9.17) is 11.6 Å². The van der Waals surface area contributed by atoms with Crippen molar-refractivity contribution in [1.82, 2.24) is 14.1 Å². The van der Waals surface area contributed by atoms with Crippen LogP contribution in [-0.4, -0.2) is 29.6 Å². The SMILES string of the molecule is CC(=O)NS(=O)(=O)c1ccc(NC(=O)Cc2c(-c3ccc(Cl)cc3)nc3ccccn23)cc1. The second kappa shape index (κ2) is 9.05. The molecule has 0 bridgehead atoms. The van der Waals surface area contributed by atoms with Crippen LogP contribution in [0.4, 0.5) is 5.69 Å². The van der Waals surface area contributed by atoms with Crippen LogP contribution in [-0.2, 0) is 26.0 Å². The summed E-state index contributed by atoms with van der Waals surface area (Å²) in [4.78, 5) is 28.5. The molecule has 2 amide bonds. The number of imidazole rings is 1. The van der Waals surface area contributed by atoms with E-state index in [9.17, 15) is 18.0 Å². The van der Waals surface area contributed by atoms with Crippen molar-refractivity contribution in [1.29, 1.82) is 0 Å². The first-order valence-electron chi connectivity index (χ1n) is 9.88. The van der Waals surface area contributed by atoms with E-state index in [1.165, 1.54) is 24.3 Å². The summed E-state index contributed by atoms with van der Waals surface area (Å²) in [7, 11) is -3.94. The van der Waals surface area contributed by atoms with E-state index in [2.05, 4.69) is 10.3 Å². The van der Waals surface area contributed by atoms with E-state index in [0.717, 1.165) is 12.5 Å². The van der Waals surface area contributed by atoms with Crippen molar-refractivity contribution in [2.24, 2.45) is 0 Å². The molecule has 0 aliphatic rings. The average molecular weight is 483 g/mol. The number of nitrogens with zero attached hydrogens (tertiary/aromatic N) is 2. The molecule has 33 heavy (non-hydrogen) atoms. The van der Waals surface area contributed by atoms with Crippen LogP contribution in [0.2, 0.25) is 5.02 Å². The number of carbonyl (C=O) groups is 2. The molecule has 0 saturated heterocycles. The largest absolute Gasteiger partial charge is 0.326 e. The molecule has 168 valence electrons. The predicted molar refractivity (Wildman–Crippen MR) is 125 cm³/mol. The minimum atomic E-state index is -3.94. The number of carbonyl (C=O) groups excluding carboxylic acids is 2. The number of nitrogens with one attached hydrogen (secondary N) is 2. The summed E-state index contributed by atoms with van der Waals surface area (Å²) < 4.78 is 27.9. The van der Waals surface area contributed by atoms with Gasteiger partial charge < -0.3 is 9.72 Å². The van der Waals surface area contributed by atoms with Gasteiger partial charge in [-0.3, -0.25) is 9.59 Å². The van der Waals surface area contributed by atoms with E-state index in [0.29, 0.717) is 27.7 Å². The molecule has 0 unspecified atom stereocenters. The van der Waals surface area contributed by atoms with Crippen molar-refractivity contribution < 1.29 is 18.0 Å². The fourth-order valence-electron chi connectivity index (χ4n) is 3.38. The lowest BCUT2D eigenvalue weighted by Gasteiger charge is -2.09. The average Bonchev–Trinajstić information content (AvgIpc) is 3.12. The normalized spacial score (nSPS) is 11.3. The Labute approximate surface area is 195 Å². The van der Waals surface area contributed by atoms with E-state index in [1.54, 1.807) is 12.1 Å². The molecule has 2 aromatic heterocycles. The van der Waals surface area contributed by atoms with E-state index >= 15 is 0 Å². The van der Waals surface area contributed by atoms with Gasteiger partial charge in [-0.25, -0.2) is 18.1 Å². The Hall–Kier alpha value is -3.69. The first kappa shape index (κ1) is 22.5. The second-order valence-corrected chi connectivity index (χ2v) is 9.37. The van der Waals surface area contributed by atoms with Crippen LogP contribution in [0.15, 0.2) is 77.8 Å². The third kappa shape index (κ3) is 5.05. The smallest absolute Gasteiger partial charge is 0.264 e. The maximum atomic E-state index is 12.8. The van der Waals surface area contributed by atoms with Crippen LogP contribution in [0.1, 0.15) is 12.6 Å². The predicted octanol–water partition coefficient (Wildman–Crippen LogP) is 3.66. The highest BCUT2D eigenvalue weighted by Crippen LogP contribution is 2.26. The highest BCUT2D eigenvalue weighted by Gasteiger charge is 2.18. The summed E-state index contributed by atoms with van der Waals surface area (Å²) in [6, 6.07) is 18.4. The molecule has 0 aliphatic carbocycles. The number of hydrogen-bond donors (Lipinski definition) is 2. The van der Waals surface area contributed by atoms with Crippen LogP contribution in [0, 0.1) is 0 Å². The molecule has 2 aromatic carbocycles. The number of halogens is 1. The number of sulfonamides is 1. The number of fused-ring (bicyclic) bond motifs is 1. The maximum Gasteiger partial charge on any atom is 0.264 e. The lowest BCUT2D eigenvalue weighted by molar-refractivity contribution is -0.117. The molecular formula is C23H19ClN4O4S. The number of anilines is 1. The molecule has 2 N–H and O–H groups in total. The van der Waals surface area contributed by atoms with Crippen molar-refractivity contribution in [2.45, 2.75) is 18.2 Å². The number of aromatic nitrogens is 2. The highest BCUT2D eigenvalue weighted by molar-refractivity contribution is 7.90. The van der Waals surface area contributed by atoms with Crippen molar-refractivity contribution in [3.8, 4) is 11.3 Å². The molecule has 0 spiro atoms. The summed E-state index contributed by atoms with van der Waals surface area (Å²) >= 11 is 6.01. The number of benzene rings is 2. The Bertz CT molecular complexity index is 1450. The standard InChI is InChI=1S/C23H19ClN4O4S/c1-15(29)27-33(31,32)19-11-9-18(10-12-19)25-22(30)14-20-23(16-5-7-17(24)8-6-16)26-21-4-2-3-13-28(20)21/h2-13H,14H2,1H3,(H,25,30)(H,27,29). The Morgan fingerprint density at radius 3 is 2.36 bits per heavy atom. The molecule has 8 nitrogen and oxygen atoms in total. The fraction of sp³-hybridized carbons (Fsp3) is 0.0870. The Balaban J connectivity index is 1.58. The third-order valence-corrected chi connectivity index (χ3v) is 6.50. The fourth-order valence-corrected chi connectivity index (χ4v) is 4.49. The van der Waals surface area contributed by atoms with Crippen LogP contribution in [0.25, 0.3) is 16.9 Å². The van der Waals surface area contributed by atoms with Crippen LogP contribution in [0.3, 0.4) is 0 Å².